The van der Waals surface area contributed by atoms with Crippen LogP contribution in [0.15, 0.2) is 9.88 Å². The van der Waals surface area contributed by atoms with Crippen molar-refractivity contribution in [2.45, 2.75) is 10.5 Å². The van der Waals surface area contributed by atoms with Crippen LogP contribution in [-0.2, 0) is 0 Å². The SMILES string of the molecule is CC1=CSC(Cl)[Se]1. The van der Waals surface area contributed by atoms with Gasteiger partial charge in [0.15, 0.2) is 0 Å². The molecule has 0 saturated heterocycles. The zero-order valence-electron chi connectivity index (χ0n) is 3.85. The maximum atomic E-state index is 5.75. The summed E-state index contributed by atoms with van der Waals surface area (Å²) in [5.74, 6) is 0. The van der Waals surface area contributed by atoms with Gasteiger partial charge >= 0.3 is 58.7 Å². The van der Waals surface area contributed by atoms with Gasteiger partial charge in [0.05, 0.1) is 0 Å². The van der Waals surface area contributed by atoms with Gasteiger partial charge in [0, 0.05) is 0 Å². The van der Waals surface area contributed by atoms with Gasteiger partial charge in [-0.25, -0.2) is 0 Å². The molecule has 1 aliphatic rings. The zero-order chi connectivity index (χ0) is 5.28. The average molecular weight is 200 g/mol. The zero-order valence-corrected chi connectivity index (χ0v) is 7.13. The van der Waals surface area contributed by atoms with Crippen molar-refractivity contribution < 1.29 is 0 Å². The standard InChI is InChI=1S/C4H5ClSSe/c1-3-2-6-4(5)7-3/h2,4H,1H3. The Hall–Kier alpha value is 0.899. The van der Waals surface area contributed by atoms with Gasteiger partial charge in [-0.15, -0.1) is 0 Å². The van der Waals surface area contributed by atoms with E-state index in [0.717, 1.165) is 0 Å². The van der Waals surface area contributed by atoms with Crippen LogP contribution in [0.5, 0.6) is 0 Å². The fourth-order valence-corrected chi connectivity index (χ4v) is 4.45. The van der Waals surface area contributed by atoms with Crippen molar-refractivity contribution in [1.82, 2.24) is 0 Å². The third-order valence-electron chi connectivity index (χ3n) is 0.620. The van der Waals surface area contributed by atoms with Crippen LogP contribution >= 0.6 is 23.4 Å². The maximum absolute atomic E-state index is 5.75. The molecule has 0 radical (unpaired) electrons. The van der Waals surface area contributed by atoms with Crippen LogP contribution in [0.2, 0.25) is 0 Å². The third-order valence-corrected chi connectivity index (χ3v) is 5.05. The van der Waals surface area contributed by atoms with E-state index in [1.54, 1.807) is 11.8 Å². The second-order valence-electron chi connectivity index (χ2n) is 1.26. The summed E-state index contributed by atoms with van der Waals surface area (Å²) in [6.45, 7) is 2.13. The van der Waals surface area contributed by atoms with Crippen LogP contribution in [0, 0.1) is 0 Å². The second-order valence-corrected chi connectivity index (χ2v) is 7.03. The minimum absolute atomic E-state index is 0.382. The van der Waals surface area contributed by atoms with Gasteiger partial charge in [0.1, 0.15) is 0 Å². The van der Waals surface area contributed by atoms with Crippen molar-refractivity contribution in [2.75, 3.05) is 0 Å². The second kappa shape index (κ2) is 2.45. The number of thioether (sulfide) groups is 1. The summed E-state index contributed by atoms with van der Waals surface area (Å²) in [6.07, 6.45) is 0. The minimum atomic E-state index is 0.382. The molecule has 0 amide bonds. The number of alkyl halides is 1. The van der Waals surface area contributed by atoms with Crippen LogP contribution in [-0.4, -0.2) is 18.6 Å². The Balaban J connectivity index is 2.42. The molecule has 40 valence electrons. The van der Waals surface area contributed by atoms with E-state index < -0.39 is 0 Å². The van der Waals surface area contributed by atoms with E-state index in [1.807, 2.05) is 0 Å². The van der Waals surface area contributed by atoms with Crippen LogP contribution < -0.4 is 0 Å². The number of hydrogen-bond donors (Lipinski definition) is 0. The molecule has 1 aliphatic heterocycles. The molecule has 0 saturated carbocycles. The van der Waals surface area contributed by atoms with E-state index in [1.165, 1.54) is 4.47 Å². The van der Waals surface area contributed by atoms with Crippen LogP contribution in [0.25, 0.3) is 0 Å². The molecule has 1 unspecified atom stereocenters. The molecule has 0 bridgehead atoms. The molecule has 0 spiro atoms. The Morgan fingerprint density at radius 2 is 2.71 bits per heavy atom. The van der Waals surface area contributed by atoms with Gasteiger partial charge in [-0.3, -0.25) is 0 Å². The summed E-state index contributed by atoms with van der Waals surface area (Å²) >= 11 is 8.06. The summed E-state index contributed by atoms with van der Waals surface area (Å²) in [5, 5.41) is 2.15. The van der Waals surface area contributed by atoms with Gasteiger partial charge in [-0.1, -0.05) is 0 Å². The summed E-state index contributed by atoms with van der Waals surface area (Å²) < 4.78 is 1.85. The first-order chi connectivity index (χ1) is 3.29. The van der Waals surface area contributed by atoms with Gasteiger partial charge in [-0.05, 0) is 0 Å². The Morgan fingerprint density at radius 1 is 2.00 bits per heavy atom. The molecule has 0 aromatic heterocycles. The molecule has 0 N–H and O–H groups in total. The Bertz CT molecular complexity index is 102. The van der Waals surface area contributed by atoms with Gasteiger partial charge < -0.3 is 0 Å². The van der Waals surface area contributed by atoms with Crippen molar-refractivity contribution >= 4 is 38.3 Å². The van der Waals surface area contributed by atoms with Crippen molar-refractivity contribution in [1.29, 1.82) is 0 Å². The van der Waals surface area contributed by atoms with Gasteiger partial charge in [0.2, 0.25) is 0 Å². The predicted octanol–water partition coefficient (Wildman–Crippen LogP) is 1.82. The van der Waals surface area contributed by atoms with E-state index in [-0.39, 0.29) is 0 Å². The van der Waals surface area contributed by atoms with Crippen molar-refractivity contribution in [3.63, 3.8) is 0 Å². The molecule has 0 fully saturated rings. The fourth-order valence-electron chi connectivity index (χ4n) is 0.351. The predicted molar refractivity (Wildman–Crippen MR) is 36.7 cm³/mol. The molecule has 3 heteroatoms. The molecule has 1 atom stereocenters. The van der Waals surface area contributed by atoms with Crippen LogP contribution in [0.4, 0.5) is 0 Å². The van der Waals surface area contributed by atoms with E-state index in [0.29, 0.717) is 18.6 Å². The first-order valence-electron chi connectivity index (χ1n) is 1.92. The van der Waals surface area contributed by atoms with Crippen LogP contribution in [0.3, 0.4) is 0 Å². The molecule has 7 heavy (non-hydrogen) atoms. The fraction of sp³-hybridized carbons (Fsp3) is 0.500. The first-order valence-corrected chi connectivity index (χ1v) is 5.14. The van der Waals surface area contributed by atoms with E-state index in [4.69, 9.17) is 11.6 Å². The normalized spacial score (nSPS) is 30.6. The summed E-state index contributed by atoms with van der Waals surface area (Å²) in [5.41, 5.74) is 0. The van der Waals surface area contributed by atoms with E-state index in [9.17, 15) is 0 Å². The van der Waals surface area contributed by atoms with E-state index in [2.05, 4.69) is 12.3 Å². The Kier molecular flexibility index (Phi) is 2.11. The van der Waals surface area contributed by atoms with Gasteiger partial charge in [0.25, 0.3) is 0 Å². The third kappa shape index (κ3) is 1.69. The van der Waals surface area contributed by atoms with Gasteiger partial charge in [-0.2, -0.15) is 0 Å². The average Bonchev–Trinajstić information content (AvgIpc) is 1.87. The molecule has 0 aromatic carbocycles. The monoisotopic (exact) mass is 200 g/mol. The molecule has 0 aliphatic carbocycles. The molecule has 1 rings (SSSR count). The first kappa shape index (κ1) is 6.03. The van der Waals surface area contributed by atoms with Crippen LogP contribution in [0.1, 0.15) is 6.92 Å². The molecule has 1 heterocycles. The number of allylic oxidation sites excluding steroid dienone is 1. The summed E-state index contributed by atoms with van der Waals surface area (Å²) in [4.78, 5) is 0. The van der Waals surface area contributed by atoms with E-state index >= 15 is 0 Å². The number of halogens is 1. The molecular weight excluding hydrogens is 195 g/mol. The Labute approximate surface area is 58.8 Å². The molecule has 0 nitrogen and oxygen atoms in total. The molecular formula is C4H5ClSSe. The molecule has 0 aromatic rings. The van der Waals surface area contributed by atoms with Crippen molar-refractivity contribution in [3.8, 4) is 0 Å². The summed E-state index contributed by atoms with van der Waals surface area (Å²) in [6, 6.07) is 0. The topological polar surface area (TPSA) is 0 Å². The number of rotatable bonds is 0. The van der Waals surface area contributed by atoms with Crippen molar-refractivity contribution in [2.24, 2.45) is 0 Å². The summed E-state index contributed by atoms with van der Waals surface area (Å²) in [7, 11) is 0. The Morgan fingerprint density at radius 3 is 2.86 bits per heavy atom. The quantitative estimate of drug-likeness (QED) is 0.424. The van der Waals surface area contributed by atoms with Crippen molar-refractivity contribution in [3.05, 3.63) is 9.88 Å². The number of hydrogen-bond acceptors (Lipinski definition) is 1.